The lowest BCUT2D eigenvalue weighted by Gasteiger charge is -2.24. The van der Waals surface area contributed by atoms with Gasteiger partial charge in [-0.1, -0.05) is 11.6 Å². The summed E-state index contributed by atoms with van der Waals surface area (Å²) in [5.41, 5.74) is -1.19. The standard InChI is InChI=1S/C11H13ClFNO4S/c1-11(2,6-10(15)16)14-19(17,18)9-4-3-7(13)5-8(9)12/h3-5,14H,6H2,1-2H3,(H,15,16). The van der Waals surface area contributed by atoms with Crippen molar-refractivity contribution >= 4 is 27.6 Å². The van der Waals surface area contributed by atoms with Gasteiger partial charge in [-0.3, -0.25) is 4.79 Å². The number of nitrogens with one attached hydrogen (secondary N) is 1. The molecule has 0 unspecified atom stereocenters. The molecule has 5 nitrogen and oxygen atoms in total. The molecule has 0 aromatic heterocycles. The molecule has 0 amide bonds. The van der Waals surface area contributed by atoms with Gasteiger partial charge in [0.2, 0.25) is 10.0 Å². The van der Waals surface area contributed by atoms with E-state index in [4.69, 9.17) is 16.7 Å². The Balaban J connectivity index is 3.08. The smallest absolute Gasteiger partial charge is 0.305 e. The highest BCUT2D eigenvalue weighted by Gasteiger charge is 2.29. The molecule has 1 aromatic carbocycles. The minimum absolute atomic E-state index is 0.265. The summed E-state index contributed by atoms with van der Waals surface area (Å²) >= 11 is 5.67. The zero-order valence-electron chi connectivity index (χ0n) is 10.3. The van der Waals surface area contributed by atoms with Crippen molar-refractivity contribution in [1.82, 2.24) is 4.72 Å². The van der Waals surface area contributed by atoms with Crippen molar-refractivity contribution in [1.29, 1.82) is 0 Å². The summed E-state index contributed by atoms with van der Waals surface area (Å²) in [4.78, 5) is 10.3. The van der Waals surface area contributed by atoms with Crippen LogP contribution in [-0.4, -0.2) is 25.0 Å². The van der Waals surface area contributed by atoms with E-state index in [2.05, 4.69) is 4.72 Å². The van der Waals surface area contributed by atoms with Crippen molar-refractivity contribution in [2.75, 3.05) is 0 Å². The number of benzene rings is 1. The second kappa shape index (κ2) is 5.44. The summed E-state index contributed by atoms with van der Waals surface area (Å²) in [7, 11) is -4.02. The molecule has 0 saturated heterocycles. The summed E-state index contributed by atoms with van der Waals surface area (Å²) in [6.07, 6.45) is -0.398. The fraction of sp³-hybridized carbons (Fsp3) is 0.364. The van der Waals surface area contributed by atoms with Crippen molar-refractivity contribution in [3.63, 3.8) is 0 Å². The fourth-order valence-corrected chi connectivity index (χ4v) is 3.47. The molecule has 0 fully saturated rings. The summed E-state index contributed by atoms with van der Waals surface area (Å²) < 4.78 is 39.2. The van der Waals surface area contributed by atoms with E-state index >= 15 is 0 Å². The van der Waals surface area contributed by atoms with Gasteiger partial charge in [0.15, 0.2) is 0 Å². The van der Waals surface area contributed by atoms with Crippen LogP contribution >= 0.6 is 11.6 Å². The molecule has 106 valence electrons. The second-order valence-corrected chi connectivity index (χ2v) is 6.69. The predicted molar refractivity (Wildman–Crippen MR) is 68.1 cm³/mol. The molecule has 2 N–H and O–H groups in total. The van der Waals surface area contributed by atoms with Gasteiger partial charge in [0.25, 0.3) is 0 Å². The van der Waals surface area contributed by atoms with Gasteiger partial charge in [-0.05, 0) is 32.0 Å². The minimum atomic E-state index is -4.02. The number of halogens is 2. The highest BCUT2D eigenvalue weighted by Crippen LogP contribution is 2.24. The number of aliphatic carboxylic acids is 1. The summed E-state index contributed by atoms with van der Waals surface area (Å²) in [5, 5.41) is 8.43. The van der Waals surface area contributed by atoms with E-state index in [-0.39, 0.29) is 9.92 Å². The number of sulfonamides is 1. The number of hydrogen-bond donors (Lipinski definition) is 2. The Bertz CT molecular complexity index is 601. The van der Waals surface area contributed by atoms with Crippen molar-refractivity contribution in [3.8, 4) is 0 Å². The van der Waals surface area contributed by atoms with Crippen LogP contribution in [0.4, 0.5) is 4.39 Å². The summed E-state index contributed by atoms with van der Waals surface area (Å²) in [6.45, 7) is 2.85. The zero-order chi connectivity index (χ0) is 14.8. The van der Waals surface area contributed by atoms with E-state index < -0.39 is 33.8 Å². The Morgan fingerprint density at radius 2 is 2.05 bits per heavy atom. The van der Waals surface area contributed by atoms with Crippen LogP contribution < -0.4 is 4.72 Å². The monoisotopic (exact) mass is 309 g/mol. The summed E-state index contributed by atoms with van der Waals surface area (Å²) in [6, 6.07) is 2.86. The van der Waals surface area contributed by atoms with Crippen LogP contribution in [0.25, 0.3) is 0 Å². The van der Waals surface area contributed by atoms with Gasteiger partial charge < -0.3 is 5.11 Å². The van der Waals surface area contributed by atoms with Gasteiger partial charge in [-0.2, -0.15) is 0 Å². The molecule has 0 bridgehead atoms. The molecule has 0 spiro atoms. The van der Waals surface area contributed by atoms with Crippen molar-refractivity contribution in [2.45, 2.75) is 30.7 Å². The van der Waals surface area contributed by atoms with Crippen LogP contribution in [-0.2, 0) is 14.8 Å². The van der Waals surface area contributed by atoms with Crippen LogP contribution in [0.15, 0.2) is 23.1 Å². The number of hydrogen-bond acceptors (Lipinski definition) is 3. The number of carbonyl (C=O) groups is 1. The molecular weight excluding hydrogens is 297 g/mol. The lowest BCUT2D eigenvalue weighted by molar-refractivity contribution is -0.138. The van der Waals surface area contributed by atoms with Crippen LogP contribution in [0.5, 0.6) is 0 Å². The molecule has 19 heavy (non-hydrogen) atoms. The van der Waals surface area contributed by atoms with Gasteiger partial charge in [-0.25, -0.2) is 17.5 Å². The number of carboxylic acids is 1. The van der Waals surface area contributed by atoms with E-state index in [1.807, 2.05) is 0 Å². The molecule has 0 radical (unpaired) electrons. The Morgan fingerprint density at radius 1 is 1.47 bits per heavy atom. The maximum Gasteiger partial charge on any atom is 0.305 e. The third-order valence-corrected chi connectivity index (χ3v) is 4.37. The van der Waals surface area contributed by atoms with Crippen molar-refractivity contribution < 1.29 is 22.7 Å². The third-order valence-electron chi connectivity index (χ3n) is 2.19. The zero-order valence-corrected chi connectivity index (χ0v) is 11.8. The van der Waals surface area contributed by atoms with E-state index in [0.717, 1.165) is 18.2 Å². The first-order valence-corrected chi connectivity index (χ1v) is 7.10. The lowest BCUT2D eigenvalue weighted by atomic mass is 10.0. The molecule has 0 aliphatic heterocycles. The van der Waals surface area contributed by atoms with Gasteiger partial charge in [-0.15, -0.1) is 0 Å². The first kappa shape index (κ1) is 15.9. The largest absolute Gasteiger partial charge is 0.481 e. The Morgan fingerprint density at radius 3 is 2.53 bits per heavy atom. The first-order valence-electron chi connectivity index (χ1n) is 5.24. The van der Waals surface area contributed by atoms with E-state index in [9.17, 15) is 17.6 Å². The number of rotatable bonds is 5. The molecule has 0 aliphatic rings. The van der Waals surface area contributed by atoms with E-state index in [0.29, 0.717) is 0 Å². The Kier molecular flexibility index (Phi) is 4.54. The number of carboxylic acid groups (broad SMARTS) is 1. The lowest BCUT2D eigenvalue weighted by Crippen LogP contribution is -2.44. The molecule has 1 aromatic rings. The van der Waals surface area contributed by atoms with E-state index in [1.165, 1.54) is 13.8 Å². The topological polar surface area (TPSA) is 83.5 Å². The first-order chi connectivity index (χ1) is 8.53. The predicted octanol–water partition coefficient (Wildman–Crippen LogP) is 2.01. The maximum atomic E-state index is 12.9. The maximum absolute atomic E-state index is 12.9. The molecule has 0 heterocycles. The molecular formula is C11H13ClFNO4S. The fourth-order valence-electron chi connectivity index (χ4n) is 1.53. The molecule has 8 heteroatoms. The van der Waals surface area contributed by atoms with Crippen LogP contribution in [0, 0.1) is 5.82 Å². The third kappa shape index (κ3) is 4.45. The molecule has 0 aliphatic carbocycles. The average molecular weight is 310 g/mol. The average Bonchev–Trinajstić information content (AvgIpc) is 2.11. The Hall–Kier alpha value is -1.18. The quantitative estimate of drug-likeness (QED) is 0.871. The minimum Gasteiger partial charge on any atom is -0.481 e. The van der Waals surface area contributed by atoms with Crippen molar-refractivity contribution in [2.24, 2.45) is 0 Å². The van der Waals surface area contributed by atoms with Gasteiger partial charge in [0, 0.05) is 5.54 Å². The van der Waals surface area contributed by atoms with Crippen molar-refractivity contribution in [3.05, 3.63) is 29.0 Å². The van der Waals surface area contributed by atoms with Gasteiger partial charge in [0.1, 0.15) is 10.7 Å². The normalized spacial score (nSPS) is 12.4. The molecule has 0 saturated carbocycles. The molecule has 1 rings (SSSR count). The summed E-state index contributed by atoms with van der Waals surface area (Å²) in [5.74, 6) is -1.80. The highest BCUT2D eigenvalue weighted by molar-refractivity contribution is 7.89. The van der Waals surface area contributed by atoms with Crippen LogP contribution in [0.2, 0.25) is 5.02 Å². The van der Waals surface area contributed by atoms with Crippen LogP contribution in [0.3, 0.4) is 0 Å². The highest BCUT2D eigenvalue weighted by atomic mass is 35.5. The SMILES string of the molecule is CC(C)(CC(=O)O)NS(=O)(=O)c1ccc(F)cc1Cl. The van der Waals surface area contributed by atoms with Gasteiger partial charge in [0.05, 0.1) is 11.4 Å². The van der Waals surface area contributed by atoms with Gasteiger partial charge >= 0.3 is 5.97 Å². The second-order valence-electron chi connectivity index (χ2n) is 4.63. The Labute approximate surface area is 115 Å². The molecule has 0 atom stereocenters. The van der Waals surface area contributed by atoms with Crippen LogP contribution in [0.1, 0.15) is 20.3 Å². The van der Waals surface area contributed by atoms with E-state index in [1.54, 1.807) is 0 Å².